The van der Waals surface area contributed by atoms with Crippen LogP contribution in [0.3, 0.4) is 0 Å². The first-order valence-corrected chi connectivity index (χ1v) is 8.80. The topological polar surface area (TPSA) is 58.2 Å². The molecule has 6 heteroatoms. The number of hydrogen-bond donors (Lipinski definition) is 2. The van der Waals surface area contributed by atoms with E-state index in [1.165, 1.54) is 24.3 Å². The van der Waals surface area contributed by atoms with Crippen molar-refractivity contribution in [1.82, 2.24) is 0 Å². The molecule has 0 saturated carbocycles. The van der Waals surface area contributed by atoms with E-state index in [0.717, 1.165) is 5.56 Å². The number of carbonyl (C=O) groups excluding carboxylic acids is 2. The maximum Gasteiger partial charge on any atom is 0.265 e. The molecule has 4 nitrogen and oxygen atoms in total. The van der Waals surface area contributed by atoms with Crippen LogP contribution in [0.1, 0.15) is 22.2 Å². The number of nitrogens with one attached hydrogen (secondary N) is 2. The van der Waals surface area contributed by atoms with E-state index in [4.69, 9.17) is 0 Å². The zero-order valence-electron chi connectivity index (χ0n) is 14.3. The standard InChI is InChI=1S/C20H17FN2O2S/c1-12-11-14(7-8-17(12)22-13(2)24)23-20(25)19-10-9-18(26-19)15-5-3-4-6-16(15)21/h3-11H,1-2H3,(H,22,24)(H,23,25). The molecule has 3 rings (SSSR count). The van der Waals surface area contributed by atoms with Crippen molar-refractivity contribution in [3.05, 3.63) is 70.9 Å². The van der Waals surface area contributed by atoms with E-state index >= 15 is 0 Å². The first kappa shape index (κ1) is 17.8. The maximum absolute atomic E-state index is 13.9. The highest BCUT2D eigenvalue weighted by atomic mass is 32.1. The van der Waals surface area contributed by atoms with Crippen molar-refractivity contribution in [3.8, 4) is 10.4 Å². The Morgan fingerprint density at radius 2 is 1.77 bits per heavy atom. The van der Waals surface area contributed by atoms with Gasteiger partial charge in [0.2, 0.25) is 5.91 Å². The smallest absolute Gasteiger partial charge is 0.265 e. The molecular formula is C20H17FN2O2S. The summed E-state index contributed by atoms with van der Waals surface area (Å²) in [7, 11) is 0. The van der Waals surface area contributed by atoms with E-state index in [1.54, 1.807) is 48.5 Å². The number of rotatable bonds is 4. The van der Waals surface area contributed by atoms with Crippen molar-refractivity contribution >= 4 is 34.5 Å². The first-order valence-electron chi connectivity index (χ1n) is 7.98. The fraction of sp³-hybridized carbons (Fsp3) is 0.100. The van der Waals surface area contributed by atoms with Crippen LogP contribution in [-0.4, -0.2) is 11.8 Å². The second-order valence-electron chi connectivity index (χ2n) is 5.81. The van der Waals surface area contributed by atoms with Crippen molar-refractivity contribution in [2.24, 2.45) is 0 Å². The predicted molar refractivity (Wildman–Crippen MR) is 103 cm³/mol. The second kappa shape index (κ2) is 7.49. The molecule has 0 bridgehead atoms. The summed E-state index contributed by atoms with van der Waals surface area (Å²) >= 11 is 1.23. The molecule has 0 aliphatic rings. The summed E-state index contributed by atoms with van der Waals surface area (Å²) in [5.41, 5.74) is 2.65. The van der Waals surface area contributed by atoms with Gasteiger partial charge in [0.15, 0.2) is 0 Å². The highest BCUT2D eigenvalue weighted by Gasteiger charge is 2.13. The Kier molecular flexibility index (Phi) is 5.14. The fourth-order valence-corrected chi connectivity index (χ4v) is 3.46. The Morgan fingerprint density at radius 1 is 1.00 bits per heavy atom. The predicted octanol–water partition coefficient (Wildman–Crippen LogP) is 5.07. The highest BCUT2D eigenvalue weighted by Crippen LogP contribution is 2.30. The van der Waals surface area contributed by atoms with Gasteiger partial charge >= 0.3 is 0 Å². The van der Waals surface area contributed by atoms with E-state index in [9.17, 15) is 14.0 Å². The summed E-state index contributed by atoms with van der Waals surface area (Å²) < 4.78 is 13.9. The van der Waals surface area contributed by atoms with Crippen LogP contribution in [0.15, 0.2) is 54.6 Å². The van der Waals surface area contributed by atoms with Crippen LogP contribution in [0.2, 0.25) is 0 Å². The molecule has 3 aromatic rings. The molecule has 0 aliphatic carbocycles. The molecule has 0 unspecified atom stereocenters. The van der Waals surface area contributed by atoms with Crippen LogP contribution in [0, 0.1) is 12.7 Å². The number of amides is 2. The van der Waals surface area contributed by atoms with Crippen molar-refractivity contribution < 1.29 is 14.0 Å². The molecule has 1 aromatic heterocycles. The third-order valence-corrected chi connectivity index (χ3v) is 4.88. The Hall–Kier alpha value is -2.99. The molecule has 0 spiro atoms. The molecule has 0 fully saturated rings. The summed E-state index contributed by atoms with van der Waals surface area (Å²) in [5, 5.41) is 5.55. The number of benzene rings is 2. The fourth-order valence-electron chi connectivity index (χ4n) is 2.53. The number of aryl methyl sites for hydroxylation is 1. The number of hydrogen-bond acceptors (Lipinski definition) is 3. The van der Waals surface area contributed by atoms with Crippen molar-refractivity contribution in [2.75, 3.05) is 10.6 Å². The quantitative estimate of drug-likeness (QED) is 0.675. The zero-order valence-corrected chi connectivity index (χ0v) is 15.1. The minimum atomic E-state index is -0.314. The normalized spacial score (nSPS) is 10.4. The minimum absolute atomic E-state index is 0.149. The van der Waals surface area contributed by atoms with E-state index in [0.29, 0.717) is 26.7 Å². The van der Waals surface area contributed by atoms with Gasteiger partial charge in [0.05, 0.1) is 4.88 Å². The van der Waals surface area contributed by atoms with Gasteiger partial charge in [-0.2, -0.15) is 0 Å². The summed E-state index contributed by atoms with van der Waals surface area (Å²) in [6.45, 7) is 3.29. The van der Waals surface area contributed by atoms with Crippen LogP contribution < -0.4 is 10.6 Å². The highest BCUT2D eigenvalue weighted by molar-refractivity contribution is 7.17. The van der Waals surface area contributed by atoms with Crippen LogP contribution in [0.4, 0.5) is 15.8 Å². The molecule has 132 valence electrons. The van der Waals surface area contributed by atoms with Crippen LogP contribution >= 0.6 is 11.3 Å². The van der Waals surface area contributed by atoms with Gasteiger partial charge in [-0.3, -0.25) is 9.59 Å². The monoisotopic (exact) mass is 368 g/mol. The number of halogens is 1. The third-order valence-electron chi connectivity index (χ3n) is 3.76. The Bertz CT molecular complexity index is 981. The summed E-state index contributed by atoms with van der Waals surface area (Å²) in [6.07, 6.45) is 0. The molecule has 2 amide bonds. The lowest BCUT2D eigenvalue weighted by Gasteiger charge is -2.09. The summed E-state index contributed by atoms with van der Waals surface area (Å²) in [4.78, 5) is 24.8. The van der Waals surface area contributed by atoms with Gasteiger partial charge in [0, 0.05) is 28.7 Å². The van der Waals surface area contributed by atoms with E-state index < -0.39 is 0 Å². The third kappa shape index (κ3) is 3.97. The minimum Gasteiger partial charge on any atom is -0.326 e. The lowest BCUT2D eigenvalue weighted by atomic mass is 10.1. The van der Waals surface area contributed by atoms with E-state index in [1.807, 2.05) is 6.92 Å². The van der Waals surface area contributed by atoms with Gasteiger partial charge in [-0.15, -0.1) is 11.3 Å². The molecule has 1 heterocycles. The average molecular weight is 368 g/mol. The van der Waals surface area contributed by atoms with E-state index in [2.05, 4.69) is 10.6 Å². The lowest BCUT2D eigenvalue weighted by molar-refractivity contribution is -0.114. The Morgan fingerprint density at radius 3 is 2.46 bits per heavy atom. The molecule has 2 aromatic carbocycles. The Labute approximate surface area is 154 Å². The molecule has 0 aliphatic heterocycles. The van der Waals surface area contributed by atoms with Crippen LogP contribution in [0.25, 0.3) is 10.4 Å². The number of carbonyl (C=O) groups is 2. The van der Waals surface area contributed by atoms with Crippen molar-refractivity contribution in [2.45, 2.75) is 13.8 Å². The van der Waals surface area contributed by atoms with Gasteiger partial charge in [-0.05, 0) is 48.9 Å². The first-order chi connectivity index (χ1) is 12.4. The molecule has 0 radical (unpaired) electrons. The second-order valence-corrected chi connectivity index (χ2v) is 6.89. The maximum atomic E-state index is 13.9. The zero-order chi connectivity index (χ0) is 18.7. The van der Waals surface area contributed by atoms with Crippen LogP contribution in [-0.2, 0) is 4.79 Å². The Balaban J connectivity index is 1.76. The van der Waals surface area contributed by atoms with Crippen LogP contribution in [0.5, 0.6) is 0 Å². The van der Waals surface area contributed by atoms with Crippen molar-refractivity contribution in [1.29, 1.82) is 0 Å². The van der Waals surface area contributed by atoms with E-state index in [-0.39, 0.29) is 17.6 Å². The van der Waals surface area contributed by atoms with Gasteiger partial charge in [-0.1, -0.05) is 18.2 Å². The average Bonchev–Trinajstić information content (AvgIpc) is 3.07. The SMILES string of the molecule is CC(=O)Nc1ccc(NC(=O)c2ccc(-c3ccccc3F)s2)cc1C. The largest absolute Gasteiger partial charge is 0.326 e. The summed E-state index contributed by atoms with van der Waals surface area (Å²) in [6, 6.07) is 15.1. The lowest BCUT2D eigenvalue weighted by Crippen LogP contribution is -2.11. The number of anilines is 2. The molecular weight excluding hydrogens is 351 g/mol. The van der Waals surface area contributed by atoms with Gasteiger partial charge in [0.25, 0.3) is 5.91 Å². The summed E-state index contributed by atoms with van der Waals surface area (Å²) in [5.74, 6) is -0.723. The molecule has 0 saturated heterocycles. The molecule has 0 atom stereocenters. The molecule has 26 heavy (non-hydrogen) atoms. The molecule has 2 N–H and O–H groups in total. The van der Waals surface area contributed by atoms with Gasteiger partial charge in [0.1, 0.15) is 5.82 Å². The van der Waals surface area contributed by atoms with Crippen molar-refractivity contribution in [3.63, 3.8) is 0 Å². The van der Waals surface area contributed by atoms with Gasteiger partial charge in [-0.25, -0.2) is 4.39 Å². The van der Waals surface area contributed by atoms with Gasteiger partial charge < -0.3 is 10.6 Å². The number of thiophene rings is 1.